The summed E-state index contributed by atoms with van der Waals surface area (Å²) in [7, 11) is 0. The summed E-state index contributed by atoms with van der Waals surface area (Å²) in [6.45, 7) is 0.256. The molecule has 1 rings (SSSR count). The molecule has 102 valence electrons. The van der Waals surface area contributed by atoms with Crippen molar-refractivity contribution < 1.29 is 14.0 Å². The molecule has 0 fully saturated rings. The van der Waals surface area contributed by atoms with E-state index in [-0.39, 0.29) is 38.5 Å². The van der Waals surface area contributed by atoms with Gasteiger partial charge in [-0.3, -0.25) is 9.59 Å². The maximum absolute atomic E-state index is 11.9. The Hall–Kier alpha value is -2.33. The molecule has 1 heterocycles. The van der Waals surface area contributed by atoms with Gasteiger partial charge in [0.25, 0.3) is 0 Å². The zero-order chi connectivity index (χ0) is 14.1. The van der Waals surface area contributed by atoms with Crippen LogP contribution in [0.4, 0.5) is 0 Å². The van der Waals surface area contributed by atoms with E-state index in [0.717, 1.165) is 0 Å². The number of amides is 2. The zero-order valence-electron chi connectivity index (χ0n) is 10.5. The van der Waals surface area contributed by atoms with Gasteiger partial charge in [0.1, 0.15) is 5.76 Å². The number of nitriles is 1. The molecule has 0 atom stereocenters. The van der Waals surface area contributed by atoms with Crippen LogP contribution in [0.5, 0.6) is 0 Å². The minimum atomic E-state index is -0.397. The van der Waals surface area contributed by atoms with Crippen molar-refractivity contribution in [1.82, 2.24) is 10.2 Å². The third-order valence-electron chi connectivity index (χ3n) is 2.40. The second-order valence-electron chi connectivity index (χ2n) is 3.78. The van der Waals surface area contributed by atoms with Crippen molar-refractivity contribution in [3.05, 3.63) is 24.2 Å². The van der Waals surface area contributed by atoms with Gasteiger partial charge in [0.15, 0.2) is 0 Å². The number of nitrogens with one attached hydrogen (secondary N) is 1. The first kappa shape index (κ1) is 14.7. The van der Waals surface area contributed by atoms with E-state index < -0.39 is 5.91 Å². The van der Waals surface area contributed by atoms with E-state index in [1.54, 1.807) is 12.1 Å². The second-order valence-corrected chi connectivity index (χ2v) is 3.78. The predicted octanol–water partition coefficient (Wildman–Crippen LogP) is -0.403. The van der Waals surface area contributed by atoms with Crippen LogP contribution in [-0.2, 0) is 16.1 Å². The maximum atomic E-state index is 11.9. The van der Waals surface area contributed by atoms with Crippen LogP contribution in [0.2, 0.25) is 0 Å². The standard InChI is InChI=1S/C12H16N4O3/c13-4-2-5-16(9-10-3-1-6-19-10)12(18)8-15-11(17)7-14/h1,3,6H,2,5,7-9,14H2,(H,15,17). The van der Waals surface area contributed by atoms with E-state index in [1.807, 2.05) is 6.07 Å². The summed E-state index contributed by atoms with van der Waals surface area (Å²) in [5, 5.41) is 11.0. The molecular weight excluding hydrogens is 248 g/mol. The Morgan fingerprint density at radius 1 is 1.53 bits per heavy atom. The number of hydrogen-bond donors (Lipinski definition) is 2. The Morgan fingerprint density at radius 2 is 2.32 bits per heavy atom. The number of nitrogens with zero attached hydrogens (tertiary/aromatic N) is 2. The van der Waals surface area contributed by atoms with Crippen molar-refractivity contribution >= 4 is 11.8 Å². The zero-order valence-corrected chi connectivity index (χ0v) is 10.5. The summed E-state index contributed by atoms with van der Waals surface area (Å²) < 4.78 is 5.16. The number of rotatable bonds is 7. The van der Waals surface area contributed by atoms with Crippen molar-refractivity contribution in [2.24, 2.45) is 5.73 Å². The summed E-state index contributed by atoms with van der Waals surface area (Å²) in [5.41, 5.74) is 5.13. The molecule has 7 nitrogen and oxygen atoms in total. The van der Waals surface area contributed by atoms with Crippen molar-refractivity contribution in [2.75, 3.05) is 19.6 Å². The third-order valence-corrected chi connectivity index (χ3v) is 2.40. The van der Waals surface area contributed by atoms with Crippen molar-refractivity contribution in [3.8, 4) is 6.07 Å². The third kappa shape index (κ3) is 5.23. The van der Waals surface area contributed by atoms with Crippen LogP contribution in [-0.4, -0.2) is 36.3 Å². The van der Waals surface area contributed by atoms with E-state index in [0.29, 0.717) is 5.76 Å². The molecule has 1 aromatic heterocycles. The molecule has 2 amide bonds. The first-order chi connectivity index (χ1) is 9.17. The lowest BCUT2D eigenvalue weighted by Crippen LogP contribution is -2.41. The summed E-state index contributed by atoms with van der Waals surface area (Å²) >= 11 is 0. The predicted molar refractivity (Wildman–Crippen MR) is 66.4 cm³/mol. The smallest absolute Gasteiger partial charge is 0.242 e. The molecule has 0 radical (unpaired) electrons. The molecule has 0 aliphatic carbocycles. The van der Waals surface area contributed by atoms with Crippen LogP contribution in [0.25, 0.3) is 0 Å². The molecule has 3 N–H and O–H groups in total. The monoisotopic (exact) mass is 264 g/mol. The highest BCUT2D eigenvalue weighted by Crippen LogP contribution is 2.06. The number of nitrogens with two attached hydrogens (primary N) is 1. The van der Waals surface area contributed by atoms with Gasteiger partial charge in [-0.05, 0) is 12.1 Å². The lowest BCUT2D eigenvalue weighted by molar-refractivity contribution is -0.133. The summed E-state index contributed by atoms with van der Waals surface area (Å²) in [4.78, 5) is 24.4. The molecule has 0 aliphatic heterocycles. The van der Waals surface area contributed by atoms with E-state index in [1.165, 1.54) is 11.2 Å². The van der Waals surface area contributed by atoms with Crippen molar-refractivity contribution in [2.45, 2.75) is 13.0 Å². The molecule has 0 unspecified atom stereocenters. The van der Waals surface area contributed by atoms with E-state index in [2.05, 4.69) is 5.32 Å². The van der Waals surface area contributed by atoms with E-state index >= 15 is 0 Å². The van der Waals surface area contributed by atoms with E-state index in [9.17, 15) is 9.59 Å². The van der Waals surface area contributed by atoms with Crippen molar-refractivity contribution in [1.29, 1.82) is 5.26 Å². The first-order valence-corrected chi connectivity index (χ1v) is 5.81. The Bertz CT molecular complexity index is 450. The molecule has 0 spiro atoms. The van der Waals surface area contributed by atoms with Gasteiger partial charge in [-0.25, -0.2) is 0 Å². The fourth-order valence-corrected chi connectivity index (χ4v) is 1.43. The molecule has 1 aromatic rings. The molecule has 0 aromatic carbocycles. The van der Waals surface area contributed by atoms with Gasteiger partial charge in [0.05, 0.1) is 38.4 Å². The van der Waals surface area contributed by atoms with Gasteiger partial charge < -0.3 is 20.4 Å². The molecule has 0 bridgehead atoms. The maximum Gasteiger partial charge on any atom is 0.242 e. The molecule has 7 heteroatoms. The van der Waals surface area contributed by atoms with Crippen LogP contribution in [0.1, 0.15) is 12.2 Å². The molecule has 19 heavy (non-hydrogen) atoms. The Morgan fingerprint density at radius 3 is 2.89 bits per heavy atom. The average molecular weight is 264 g/mol. The first-order valence-electron chi connectivity index (χ1n) is 5.81. The fourth-order valence-electron chi connectivity index (χ4n) is 1.43. The quantitative estimate of drug-likeness (QED) is 0.695. The van der Waals surface area contributed by atoms with Gasteiger partial charge in [0, 0.05) is 6.54 Å². The Labute approximate surface area is 111 Å². The van der Waals surface area contributed by atoms with Crippen LogP contribution in [0.3, 0.4) is 0 Å². The molecule has 0 aliphatic rings. The SMILES string of the molecule is N#CCCN(Cc1ccco1)C(=O)CNC(=O)CN. The molecular formula is C12H16N4O3. The Balaban J connectivity index is 2.54. The average Bonchev–Trinajstić information content (AvgIpc) is 2.93. The molecule has 0 saturated carbocycles. The van der Waals surface area contributed by atoms with Crippen LogP contribution < -0.4 is 11.1 Å². The van der Waals surface area contributed by atoms with Crippen LogP contribution in [0, 0.1) is 11.3 Å². The fraction of sp³-hybridized carbons (Fsp3) is 0.417. The number of hydrogen-bond acceptors (Lipinski definition) is 5. The highest BCUT2D eigenvalue weighted by Gasteiger charge is 2.15. The van der Waals surface area contributed by atoms with Gasteiger partial charge in [-0.2, -0.15) is 5.26 Å². The van der Waals surface area contributed by atoms with Gasteiger partial charge in [-0.1, -0.05) is 0 Å². The van der Waals surface area contributed by atoms with Gasteiger partial charge >= 0.3 is 0 Å². The lowest BCUT2D eigenvalue weighted by Gasteiger charge is -2.20. The summed E-state index contributed by atoms with van der Waals surface area (Å²) in [5.74, 6) is -0.0588. The van der Waals surface area contributed by atoms with Crippen molar-refractivity contribution in [3.63, 3.8) is 0 Å². The lowest BCUT2D eigenvalue weighted by atomic mass is 10.3. The topological polar surface area (TPSA) is 112 Å². The van der Waals surface area contributed by atoms with E-state index in [4.69, 9.17) is 15.4 Å². The largest absolute Gasteiger partial charge is 0.467 e. The van der Waals surface area contributed by atoms with Gasteiger partial charge in [-0.15, -0.1) is 0 Å². The number of furan rings is 1. The number of carbonyl (C=O) groups is 2. The normalized spacial score (nSPS) is 9.68. The highest BCUT2D eigenvalue weighted by molar-refractivity contribution is 5.85. The van der Waals surface area contributed by atoms with Gasteiger partial charge in [0.2, 0.25) is 11.8 Å². The molecule has 0 saturated heterocycles. The second kappa shape index (κ2) is 7.89. The minimum Gasteiger partial charge on any atom is -0.467 e. The minimum absolute atomic E-state index is 0.137. The van der Waals surface area contributed by atoms with Crippen LogP contribution >= 0.6 is 0 Å². The number of carbonyl (C=O) groups excluding carboxylic acids is 2. The van der Waals surface area contributed by atoms with Crippen LogP contribution in [0.15, 0.2) is 22.8 Å². The summed E-state index contributed by atoms with van der Waals surface area (Å²) in [6.07, 6.45) is 1.73. The highest BCUT2D eigenvalue weighted by atomic mass is 16.3. The summed E-state index contributed by atoms with van der Waals surface area (Å²) in [6, 6.07) is 5.44. The Kier molecular flexibility index (Phi) is 6.12.